The third-order valence-electron chi connectivity index (χ3n) is 1.72. The summed E-state index contributed by atoms with van der Waals surface area (Å²) in [6.07, 6.45) is 0. The molecule has 17 heavy (non-hydrogen) atoms. The molecule has 0 aromatic heterocycles. The summed E-state index contributed by atoms with van der Waals surface area (Å²) in [4.78, 5) is 10.3. The molecule has 1 rings (SSSR count). The van der Waals surface area contributed by atoms with Gasteiger partial charge in [0.15, 0.2) is 5.75 Å². The SMILES string of the molecule is CC(=O)Nc1cc(S(=O)(=O)O)cc(N)c1O.[H-].[Na+]. The Labute approximate surface area is 122 Å². The van der Waals surface area contributed by atoms with Gasteiger partial charge in [0, 0.05) is 6.92 Å². The number of phenolic OH excluding ortho intramolecular Hbond substituents is 1. The van der Waals surface area contributed by atoms with Crippen LogP contribution in [0.15, 0.2) is 17.0 Å². The Kier molecular flexibility index (Phi) is 5.43. The van der Waals surface area contributed by atoms with Crippen molar-refractivity contribution >= 4 is 27.4 Å². The zero-order chi connectivity index (χ0) is 12.5. The van der Waals surface area contributed by atoms with Gasteiger partial charge in [-0.05, 0) is 12.1 Å². The molecule has 1 aromatic rings. The Bertz CT molecular complexity index is 549. The molecule has 0 aliphatic carbocycles. The minimum absolute atomic E-state index is 0. The minimum Gasteiger partial charge on any atom is -1.00 e. The number of anilines is 2. The van der Waals surface area contributed by atoms with Gasteiger partial charge in [-0.2, -0.15) is 8.42 Å². The second-order valence-electron chi connectivity index (χ2n) is 3.06. The molecule has 7 nitrogen and oxygen atoms in total. The third kappa shape index (κ3) is 4.17. The molecule has 1 amide bonds. The third-order valence-corrected chi connectivity index (χ3v) is 2.55. The summed E-state index contributed by atoms with van der Waals surface area (Å²) in [5, 5.41) is 11.6. The van der Waals surface area contributed by atoms with E-state index in [0.29, 0.717) is 0 Å². The molecular formula is C8H11N2NaO5S. The molecule has 0 spiro atoms. The van der Waals surface area contributed by atoms with Crippen molar-refractivity contribution in [3.8, 4) is 5.75 Å². The van der Waals surface area contributed by atoms with Crippen LogP contribution in [0.3, 0.4) is 0 Å². The first kappa shape index (κ1) is 16.2. The first-order valence-electron chi connectivity index (χ1n) is 4.09. The number of nitrogens with two attached hydrogens (primary N) is 1. The Morgan fingerprint density at radius 1 is 1.47 bits per heavy atom. The summed E-state index contributed by atoms with van der Waals surface area (Å²) in [5.74, 6) is -0.968. The van der Waals surface area contributed by atoms with Gasteiger partial charge in [0.1, 0.15) is 0 Å². The molecule has 9 heteroatoms. The number of nitrogens with one attached hydrogen (secondary N) is 1. The number of benzene rings is 1. The number of hydrogen-bond donors (Lipinski definition) is 4. The van der Waals surface area contributed by atoms with Crippen molar-refractivity contribution in [2.45, 2.75) is 11.8 Å². The Hall–Kier alpha value is -0.800. The van der Waals surface area contributed by atoms with Gasteiger partial charge < -0.3 is 17.6 Å². The van der Waals surface area contributed by atoms with Crippen LogP contribution in [-0.4, -0.2) is 24.0 Å². The second-order valence-corrected chi connectivity index (χ2v) is 4.49. The second kappa shape index (κ2) is 5.69. The summed E-state index contributed by atoms with van der Waals surface area (Å²) in [5.41, 5.74) is 4.87. The normalized spacial score (nSPS) is 10.5. The fourth-order valence-electron chi connectivity index (χ4n) is 1.06. The quantitative estimate of drug-likeness (QED) is 0.200. The van der Waals surface area contributed by atoms with Crippen molar-refractivity contribution in [3.63, 3.8) is 0 Å². The number of rotatable bonds is 2. The van der Waals surface area contributed by atoms with E-state index in [1.54, 1.807) is 0 Å². The number of amides is 1. The standard InChI is InChI=1S/C8H10N2O5S.Na.H/c1-4(11)10-7-3-5(16(13,14)15)2-6(9)8(7)12;;/h2-3,12H,9H2,1H3,(H,10,11)(H,13,14,15);;/q;+1;-1. The molecule has 0 aliphatic heterocycles. The van der Waals surface area contributed by atoms with E-state index in [1.807, 2.05) is 0 Å². The van der Waals surface area contributed by atoms with Crippen LogP contribution in [0.4, 0.5) is 11.4 Å². The minimum atomic E-state index is -4.44. The zero-order valence-electron chi connectivity index (χ0n) is 10.3. The number of hydrogen-bond acceptors (Lipinski definition) is 5. The van der Waals surface area contributed by atoms with Crippen LogP contribution in [0.2, 0.25) is 0 Å². The summed E-state index contributed by atoms with van der Waals surface area (Å²) in [7, 11) is -4.44. The molecule has 1 aromatic carbocycles. The summed E-state index contributed by atoms with van der Waals surface area (Å²) >= 11 is 0. The molecule has 0 heterocycles. The average molecular weight is 270 g/mol. The molecule has 0 radical (unpaired) electrons. The molecule has 90 valence electrons. The maximum Gasteiger partial charge on any atom is 1.00 e. The summed E-state index contributed by atoms with van der Waals surface area (Å²) in [6.45, 7) is 1.18. The van der Waals surface area contributed by atoms with Crippen molar-refractivity contribution in [2.75, 3.05) is 11.1 Å². The molecule has 5 N–H and O–H groups in total. The van der Waals surface area contributed by atoms with Crippen LogP contribution >= 0.6 is 0 Å². The van der Waals surface area contributed by atoms with E-state index in [0.717, 1.165) is 12.1 Å². The Balaban J connectivity index is 0. The molecule has 0 bridgehead atoms. The van der Waals surface area contributed by atoms with Crippen molar-refractivity contribution in [2.24, 2.45) is 0 Å². The van der Waals surface area contributed by atoms with E-state index in [1.165, 1.54) is 6.92 Å². The van der Waals surface area contributed by atoms with Crippen molar-refractivity contribution in [1.82, 2.24) is 0 Å². The van der Waals surface area contributed by atoms with Crippen LogP contribution in [0.5, 0.6) is 5.75 Å². The average Bonchev–Trinajstić information content (AvgIpc) is 2.10. The van der Waals surface area contributed by atoms with E-state index in [4.69, 9.17) is 10.3 Å². The number of nitrogen functional groups attached to an aromatic ring is 1. The van der Waals surface area contributed by atoms with Gasteiger partial charge in [-0.25, -0.2) is 0 Å². The molecular weight excluding hydrogens is 259 g/mol. The zero-order valence-corrected chi connectivity index (χ0v) is 12.1. The number of carbonyl (C=O) groups excluding carboxylic acids is 1. The topological polar surface area (TPSA) is 130 Å². The van der Waals surface area contributed by atoms with Gasteiger partial charge in [-0.3, -0.25) is 9.35 Å². The number of phenols is 1. The number of aromatic hydroxyl groups is 1. The van der Waals surface area contributed by atoms with Crippen LogP contribution < -0.4 is 40.6 Å². The van der Waals surface area contributed by atoms with Gasteiger partial charge in [0.2, 0.25) is 5.91 Å². The fraction of sp³-hybridized carbons (Fsp3) is 0.125. The molecule has 0 unspecified atom stereocenters. The molecule has 0 saturated heterocycles. The predicted octanol–water partition coefficient (Wildman–Crippen LogP) is -2.70. The Morgan fingerprint density at radius 2 is 2.00 bits per heavy atom. The van der Waals surface area contributed by atoms with Crippen LogP contribution in [0.25, 0.3) is 0 Å². The summed E-state index contributed by atoms with van der Waals surface area (Å²) < 4.78 is 30.5. The van der Waals surface area contributed by atoms with E-state index in [-0.39, 0.29) is 42.4 Å². The first-order valence-corrected chi connectivity index (χ1v) is 5.53. The van der Waals surface area contributed by atoms with Gasteiger partial charge in [0.25, 0.3) is 10.1 Å². The van der Waals surface area contributed by atoms with Gasteiger partial charge >= 0.3 is 29.6 Å². The molecule has 0 atom stereocenters. The van der Waals surface area contributed by atoms with Crippen molar-refractivity contribution < 1.29 is 53.9 Å². The molecule has 0 aliphatic rings. The van der Waals surface area contributed by atoms with E-state index in [2.05, 4.69) is 5.32 Å². The van der Waals surface area contributed by atoms with Gasteiger partial charge in [0.05, 0.1) is 16.3 Å². The molecule has 0 saturated carbocycles. The van der Waals surface area contributed by atoms with Crippen LogP contribution in [0.1, 0.15) is 8.35 Å². The van der Waals surface area contributed by atoms with E-state index in [9.17, 15) is 18.3 Å². The smallest absolute Gasteiger partial charge is 1.00 e. The van der Waals surface area contributed by atoms with Crippen molar-refractivity contribution in [3.05, 3.63) is 12.1 Å². The number of carbonyl (C=O) groups is 1. The van der Waals surface area contributed by atoms with Gasteiger partial charge in [-0.1, -0.05) is 0 Å². The van der Waals surface area contributed by atoms with Crippen molar-refractivity contribution in [1.29, 1.82) is 0 Å². The fourth-order valence-corrected chi connectivity index (χ4v) is 1.61. The van der Waals surface area contributed by atoms with E-state index < -0.39 is 26.7 Å². The predicted molar refractivity (Wildman–Crippen MR) is 57.7 cm³/mol. The summed E-state index contributed by atoms with van der Waals surface area (Å²) in [6, 6.07) is 1.79. The van der Waals surface area contributed by atoms with Crippen LogP contribution in [0, 0.1) is 0 Å². The first-order chi connectivity index (χ1) is 7.21. The molecule has 0 fully saturated rings. The Morgan fingerprint density at radius 3 is 2.41 bits per heavy atom. The monoisotopic (exact) mass is 270 g/mol. The largest absolute Gasteiger partial charge is 1.00 e. The van der Waals surface area contributed by atoms with Crippen LogP contribution in [-0.2, 0) is 14.9 Å². The van der Waals surface area contributed by atoms with E-state index >= 15 is 0 Å². The van der Waals surface area contributed by atoms with Gasteiger partial charge in [-0.15, -0.1) is 0 Å². The maximum atomic E-state index is 10.8. The maximum absolute atomic E-state index is 10.8.